The Kier molecular flexibility index (Phi) is 4.60. The van der Waals surface area contributed by atoms with Crippen molar-refractivity contribution in [3.05, 3.63) is 63.2 Å². The van der Waals surface area contributed by atoms with Gasteiger partial charge in [0.05, 0.1) is 7.11 Å². The molecule has 2 nitrogen and oxygen atoms in total. The maximum absolute atomic E-state index is 6.29. The number of halogens is 1. The highest BCUT2D eigenvalue weighted by Gasteiger charge is 2.12. The van der Waals surface area contributed by atoms with Crippen molar-refractivity contribution in [1.29, 1.82) is 0 Å². The average Bonchev–Trinajstić information content (AvgIpc) is 2.39. The van der Waals surface area contributed by atoms with E-state index in [4.69, 9.17) is 10.5 Å². The van der Waals surface area contributed by atoms with E-state index in [-0.39, 0.29) is 6.04 Å². The quantitative estimate of drug-likeness (QED) is 0.854. The molecule has 0 aliphatic carbocycles. The number of ether oxygens (including phenoxy) is 1. The third kappa shape index (κ3) is 3.03. The van der Waals surface area contributed by atoms with Gasteiger partial charge in [0, 0.05) is 9.61 Å². The van der Waals surface area contributed by atoms with Gasteiger partial charge >= 0.3 is 0 Å². The predicted molar refractivity (Wildman–Crippen MR) is 82.8 cm³/mol. The SMILES string of the molecule is COc1ccccc1CC(N)c1ccccc1I. The summed E-state index contributed by atoms with van der Waals surface area (Å²) >= 11 is 2.33. The molecule has 0 amide bonds. The van der Waals surface area contributed by atoms with Crippen LogP contribution in [0.2, 0.25) is 0 Å². The highest BCUT2D eigenvalue weighted by Crippen LogP contribution is 2.25. The molecule has 0 radical (unpaired) electrons. The molecule has 3 heteroatoms. The third-order valence-corrected chi connectivity index (χ3v) is 3.92. The summed E-state index contributed by atoms with van der Waals surface area (Å²) in [5, 5.41) is 0. The lowest BCUT2D eigenvalue weighted by Gasteiger charge is -2.15. The molecule has 0 aliphatic rings. The second-order valence-corrected chi connectivity index (χ2v) is 5.31. The molecule has 0 heterocycles. The van der Waals surface area contributed by atoms with Crippen molar-refractivity contribution in [2.45, 2.75) is 12.5 Å². The summed E-state index contributed by atoms with van der Waals surface area (Å²) in [7, 11) is 1.69. The Balaban J connectivity index is 2.21. The van der Waals surface area contributed by atoms with Crippen LogP contribution in [0.1, 0.15) is 17.2 Å². The first-order valence-electron chi connectivity index (χ1n) is 5.84. The van der Waals surface area contributed by atoms with Gasteiger partial charge in [0.2, 0.25) is 0 Å². The molecule has 2 N–H and O–H groups in total. The molecule has 18 heavy (non-hydrogen) atoms. The van der Waals surface area contributed by atoms with Crippen LogP contribution in [-0.4, -0.2) is 7.11 Å². The predicted octanol–water partition coefficient (Wildman–Crippen LogP) is 3.54. The van der Waals surface area contributed by atoms with Gasteiger partial charge in [-0.15, -0.1) is 0 Å². The smallest absolute Gasteiger partial charge is 0.122 e. The fraction of sp³-hybridized carbons (Fsp3) is 0.200. The fourth-order valence-electron chi connectivity index (χ4n) is 1.99. The van der Waals surface area contributed by atoms with E-state index >= 15 is 0 Å². The van der Waals surface area contributed by atoms with Crippen LogP contribution in [-0.2, 0) is 6.42 Å². The lowest BCUT2D eigenvalue weighted by atomic mass is 9.99. The first-order valence-corrected chi connectivity index (χ1v) is 6.92. The molecular formula is C15H16INO. The zero-order valence-electron chi connectivity index (χ0n) is 10.3. The van der Waals surface area contributed by atoms with Crippen molar-refractivity contribution in [2.75, 3.05) is 7.11 Å². The molecule has 0 bridgehead atoms. The first-order chi connectivity index (χ1) is 8.72. The molecule has 2 rings (SSSR count). The number of nitrogens with two attached hydrogens (primary N) is 1. The van der Waals surface area contributed by atoms with Crippen LogP contribution in [0.15, 0.2) is 48.5 Å². The van der Waals surface area contributed by atoms with Crippen LogP contribution in [0.3, 0.4) is 0 Å². The number of para-hydroxylation sites is 1. The Hall–Kier alpha value is -1.07. The molecule has 0 spiro atoms. The Morgan fingerprint density at radius 2 is 1.78 bits per heavy atom. The molecule has 0 aromatic heterocycles. The van der Waals surface area contributed by atoms with Gasteiger partial charge in [-0.2, -0.15) is 0 Å². The number of hydrogen-bond donors (Lipinski definition) is 1. The van der Waals surface area contributed by atoms with Crippen LogP contribution in [0, 0.1) is 3.57 Å². The van der Waals surface area contributed by atoms with Crippen molar-refractivity contribution < 1.29 is 4.74 Å². The van der Waals surface area contributed by atoms with Gasteiger partial charge in [-0.1, -0.05) is 36.4 Å². The molecule has 2 aromatic carbocycles. The fourth-order valence-corrected chi connectivity index (χ4v) is 2.78. The van der Waals surface area contributed by atoms with Crippen LogP contribution in [0.25, 0.3) is 0 Å². The molecule has 0 aliphatic heterocycles. The van der Waals surface area contributed by atoms with E-state index in [1.807, 2.05) is 30.3 Å². The largest absolute Gasteiger partial charge is 0.496 e. The van der Waals surface area contributed by atoms with E-state index in [1.165, 1.54) is 9.13 Å². The lowest BCUT2D eigenvalue weighted by molar-refractivity contribution is 0.408. The number of rotatable bonds is 4. The summed E-state index contributed by atoms with van der Waals surface area (Å²) in [4.78, 5) is 0. The Morgan fingerprint density at radius 1 is 1.11 bits per heavy atom. The Morgan fingerprint density at radius 3 is 2.50 bits per heavy atom. The van der Waals surface area contributed by atoms with E-state index in [1.54, 1.807) is 7.11 Å². The van der Waals surface area contributed by atoms with Gasteiger partial charge in [-0.25, -0.2) is 0 Å². The van der Waals surface area contributed by atoms with Crippen molar-refractivity contribution in [1.82, 2.24) is 0 Å². The van der Waals surface area contributed by atoms with E-state index in [2.05, 4.69) is 40.8 Å². The molecule has 94 valence electrons. The lowest BCUT2D eigenvalue weighted by Crippen LogP contribution is -2.15. The minimum Gasteiger partial charge on any atom is -0.496 e. The van der Waals surface area contributed by atoms with Gasteiger partial charge in [0.1, 0.15) is 5.75 Å². The van der Waals surface area contributed by atoms with Gasteiger partial charge in [-0.3, -0.25) is 0 Å². The summed E-state index contributed by atoms with van der Waals surface area (Å²) in [6.07, 6.45) is 0.782. The minimum absolute atomic E-state index is 0.00519. The monoisotopic (exact) mass is 353 g/mol. The second kappa shape index (κ2) is 6.20. The van der Waals surface area contributed by atoms with Crippen molar-refractivity contribution in [3.8, 4) is 5.75 Å². The zero-order chi connectivity index (χ0) is 13.0. The van der Waals surface area contributed by atoms with Crippen LogP contribution in [0.5, 0.6) is 5.75 Å². The van der Waals surface area contributed by atoms with Crippen molar-refractivity contribution >= 4 is 22.6 Å². The number of methoxy groups -OCH3 is 1. The summed E-state index contributed by atoms with van der Waals surface area (Å²) in [5.74, 6) is 0.902. The molecule has 0 saturated carbocycles. The number of hydrogen-bond acceptors (Lipinski definition) is 2. The maximum atomic E-state index is 6.29. The van der Waals surface area contributed by atoms with E-state index in [0.29, 0.717) is 0 Å². The van der Waals surface area contributed by atoms with Gasteiger partial charge in [-0.05, 0) is 52.3 Å². The van der Waals surface area contributed by atoms with Crippen LogP contribution in [0.4, 0.5) is 0 Å². The normalized spacial score (nSPS) is 12.2. The summed E-state index contributed by atoms with van der Waals surface area (Å²) in [6, 6.07) is 16.2. The average molecular weight is 353 g/mol. The number of benzene rings is 2. The summed E-state index contributed by atoms with van der Waals surface area (Å²) in [5.41, 5.74) is 8.62. The Bertz CT molecular complexity index is 527. The van der Waals surface area contributed by atoms with Crippen molar-refractivity contribution in [3.63, 3.8) is 0 Å². The molecule has 0 saturated heterocycles. The summed E-state index contributed by atoms with van der Waals surface area (Å²) < 4.78 is 6.56. The standard InChI is InChI=1S/C15H16INO/c1-18-15-9-5-2-6-11(15)10-14(17)12-7-3-4-8-13(12)16/h2-9,14H,10,17H2,1H3. The topological polar surface area (TPSA) is 35.2 Å². The highest BCUT2D eigenvalue weighted by molar-refractivity contribution is 14.1. The van der Waals surface area contributed by atoms with E-state index < -0.39 is 0 Å². The molecule has 0 fully saturated rings. The van der Waals surface area contributed by atoms with Gasteiger partial charge in [0.15, 0.2) is 0 Å². The molecule has 1 atom stereocenters. The van der Waals surface area contributed by atoms with Crippen LogP contribution < -0.4 is 10.5 Å². The Labute approximate surface area is 121 Å². The molecule has 2 aromatic rings. The second-order valence-electron chi connectivity index (χ2n) is 4.14. The zero-order valence-corrected chi connectivity index (χ0v) is 12.4. The third-order valence-electron chi connectivity index (χ3n) is 2.94. The molecule has 1 unspecified atom stereocenters. The highest BCUT2D eigenvalue weighted by atomic mass is 127. The summed E-state index contributed by atoms with van der Waals surface area (Å²) in [6.45, 7) is 0. The van der Waals surface area contributed by atoms with E-state index in [0.717, 1.165) is 17.7 Å². The van der Waals surface area contributed by atoms with Crippen LogP contribution >= 0.6 is 22.6 Å². The maximum Gasteiger partial charge on any atom is 0.122 e. The molecular weight excluding hydrogens is 337 g/mol. The van der Waals surface area contributed by atoms with Crippen molar-refractivity contribution in [2.24, 2.45) is 5.73 Å². The van der Waals surface area contributed by atoms with Gasteiger partial charge in [0.25, 0.3) is 0 Å². The first kappa shape index (κ1) is 13.4. The van der Waals surface area contributed by atoms with E-state index in [9.17, 15) is 0 Å². The van der Waals surface area contributed by atoms with Gasteiger partial charge < -0.3 is 10.5 Å². The minimum atomic E-state index is -0.00519.